The van der Waals surface area contributed by atoms with Crippen LogP contribution in [-0.2, 0) is 16.0 Å². The fraction of sp³-hybridized carbons (Fsp3) is 0.267. The fourth-order valence-electron chi connectivity index (χ4n) is 2.30. The summed E-state index contributed by atoms with van der Waals surface area (Å²) in [6.07, 6.45) is -0.0546. The smallest absolute Gasteiger partial charge is 0.326 e. The Kier molecular flexibility index (Phi) is 4.07. The fourth-order valence-corrected chi connectivity index (χ4v) is 2.30. The molecule has 2 aromatic rings. The predicted molar refractivity (Wildman–Crippen MR) is 78.3 cm³/mol. The average molecular weight is 288 g/mol. The highest BCUT2D eigenvalue weighted by Gasteiger charge is 2.22. The van der Waals surface area contributed by atoms with E-state index in [4.69, 9.17) is 5.11 Å². The number of carbonyl (C=O) groups is 2. The topological polar surface area (TPSA) is 99.3 Å². The number of carboxylic acid groups (broad SMARTS) is 1. The van der Waals surface area contributed by atoms with Gasteiger partial charge in [0.2, 0.25) is 5.91 Å². The molecule has 0 saturated carbocycles. The van der Waals surface area contributed by atoms with Gasteiger partial charge in [-0.25, -0.2) is 4.79 Å². The van der Waals surface area contributed by atoms with E-state index in [1.54, 1.807) is 25.1 Å². The van der Waals surface area contributed by atoms with Crippen molar-refractivity contribution < 1.29 is 14.7 Å². The molecule has 0 bridgehead atoms. The first kappa shape index (κ1) is 14.8. The van der Waals surface area contributed by atoms with E-state index in [0.29, 0.717) is 22.2 Å². The maximum absolute atomic E-state index is 12.5. The second-order valence-corrected chi connectivity index (χ2v) is 4.90. The van der Waals surface area contributed by atoms with Crippen LogP contribution in [0.3, 0.4) is 0 Å². The molecule has 0 saturated heterocycles. The number of carboxylic acids is 1. The van der Waals surface area contributed by atoms with Crippen molar-refractivity contribution in [1.29, 1.82) is 0 Å². The van der Waals surface area contributed by atoms with Crippen molar-refractivity contribution in [2.75, 3.05) is 0 Å². The third-order valence-electron chi connectivity index (χ3n) is 3.30. The van der Waals surface area contributed by atoms with Crippen molar-refractivity contribution in [1.82, 2.24) is 10.3 Å². The molecule has 0 fully saturated rings. The normalized spacial score (nSPS) is 12.1. The number of pyridine rings is 1. The standard InChI is InChI=1S/C15H16N2O4/c1-8-11(7-13(15(20)21)17-9(2)18)14(19)10-5-3-4-6-12(10)16-8/h3-6,13H,7H2,1-2H3,(H,16,19)(H,17,18)(H,20,21)/t13-/m0/s1. The molecule has 0 radical (unpaired) electrons. The van der Waals surface area contributed by atoms with Crippen LogP contribution in [0.4, 0.5) is 0 Å². The zero-order chi connectivity index (χ0) is 15.6. The minimum atomic E-state index is -1.17. The van der Waals surface area contributed by atoms with Gasteiger partial charge in [-0.3, -0.25) is 9.59 Å². The lowest BCUT2D eigenvalue weighted by Gasteiger charge is -2.15. The number of fused-ring (bicyclic) bond motifs is 1. The third kappa shape index (κ3) is 3.10. The minimum absolute atomic E-state index is 0.0546. The number of amides is 1. The summed E-state index contributed by atoms with van der Waals surface area (Å²) >= 11 is 0. The lowest BCUT2D eigenvalue weighted by molar-refractivity contribution is -0.141. The van der Waals surface area contributed by atoms with Crippen molar-refractivity contribution in [3.8, 4) is 0 Å². The van der Waals surface area contributed by atoms with Crippen LogP contribution >= 0.6 is 0 Å². The van der Waals surface area contributed by atoms with Crippen LogP contribution in [0.1, 0.15) is 18.2 Å². The molecule has 1 aromatic heterocycles. The highest BCUT2D eigenvalue weighted by Crippen LogP contribution is 2.12. The Bertz CT molecular complexity index is 764. The summed E-state index contributed by atoms with van der Waals surface area (Å²) in [4.78, 5) is 37.8. The first-order valence-electron chi connectivity index (χ1n) is 6.50. The Labute approximate surface area is 120 Å². The van der Waals surface area contributed by atoms with Gasteiger partial charge < -0.3 is 15.4 Å². The van der Waals surface area contributed by atoms with E-state index in [-0.39, 0.29) is 11.8 Å². The lowest BCUT2D eigenvalue weighted by Crippen LogP contribution is -2.42. The van der Waals surface area contributed by atoms with Gasteiger partial charge in [0.05, 0.1) is 0 Å². The number of aromatic nitrogens is 1. The summed E-state index contributed by atoms with van der Waals surface area (Å²) in [6.45, 7) is 2.96. The highest BCUT2D eigenvalue weighted by molar-refractivity contribution is 5.83. The molecular formula is C15H16N2O4. The average Bonchev–Trinajstić information content (AvgIpc) is 2.41. The van der Waals surface area contributed by atoms with E-state index >= 15 is 0 Å². The van der Waals surface area contributed by atoms with E-state index in [2.05, 4.69) is 10.3 Å². The molecule has 0 aliphatic rings. The number of hydrogen-bond donors (Lipinski definition) is 3. The molecular weight excluding hydrogens is 272 g/mol. The Morgan fingerprint density at radius 3 is 2.62 bits per heavy atom. The van der Waals surface area contributed by atoms with E-state index in [0.717, 1.165) is 0 Å². The number of rotatable bonds is 4. The molecule has 0 aliphatic carbocycles. The van der Waals surface area contributed by atoms with Gasteiger partial charge in [-0.1, -0.05) is 12.1 Å². The zero-order valence-corrected chi connectivity index (χ0v) is 11.8. The molecule has 1 amide bonds. The van der Waals surface area contributed by atoms with Gasteiger partial charge in [0.25, 0.3) is 0 Å². The molecule has 0 aliphatic heterocycles. The van der Waals surface area contributed by atoms with Gasteiger partial charge in [-0.15, -0.1) is 0 Å². The van der Waals surface area contributed by atoms with Gasteiger partial charge in [0.15, 0.2) is 5.43 Å². The maximum atomic E-state index is 12.5. The van der Waals surface area contributed by atoms with E-state index in [9.17, 15) is 14.4 Å². The summed E-state index contributed by atoms with van der Waals surface area (Å²) in [6, 6.07) is 5.92. The molecule has 1 heterocycles. The first-order chi connectivity index (χ1) is 9.90. The predicted octanol–water partition coefficient (Wildman–Crippen LogP) is 0.968. The summed E-state index contributed by atoms with van der Waals surface area (Å²) in [5, 5.41) is 12.0. The van der Waals surface area contributed by atoms with Gasteiger partial charge in [-0.2, -0.15) is 0 Å². The largest absolute Gasteiger partial charge is 0.480 e. The quantitative estimate of drug-likeness (QED) is 0.780. The van der Waals surface area contributed by atoms with Gasteiger partial charge in [0, 0.05) is 35.5 Å². The molecule has 1 atom stereocenters. The Morgan fingerprint density at radius 2 is 2.00 bits per heavy atom. The Balaban J connectivity index is 2.48. The molecule has 110 valence electrons. The van der Waals surface area contributed by atoms with Crippen molar-refractivity contribution in [3.05, 3.63) is 45.7 Å². The number of hydrogen-bond acceptors (Lipinski definition) is 3. The zero-order valence-electron chi connectivity index (χ0n) is 11.8. The monoisotopic (exact) mass is 288 g/mol. The maximum Gasteiger partial charge on any atom is 0.326 e. The number of H-pyrrole nitrogens is 1. The van der Waals surface area contributed by atoms with Crippen molar-refractivity contribution in [2.24, 2.45) is 0 Å². The van der Waals surface area contributed by atoms with Crippen molar-refractivity contribution in [3.63, 3.8) is 0 Å². The molecule has 3 N–H and O–H groups in total. The summed E-state index contributed by atoms with van der Waals surface area (Å²) < 4.78 is 0. The van der Waals surface area contributed by atoms with Crippen molar-refractivity contribution in [2.45, 2.75) is 26.3 Å². The molecule has 0 unspecified atom stereocenters. The first-order valence-corrected chi connectivity index (χ1v) is 6.50. The van der Waals surface area contributed by atoms with E-state index < -0.39 is 17.9 Å². The summed E-state index contributed by atoms with van der Waals surface area (Å²) in [7, 11) is 0. The number of benzene rings is 1. The van der Waals surface area contributed by atoms with E-state index in [1.807, 2.05) is 6.07 Å². The van der Waals surface area contributed by atoms with Crippen LogP contribution in [0.2, 0.25) is 0 Å². The molecule has 2 rings (SSSR count). The number of para-hydroxylation sites is 1. The van der Waals surface area contributed by atoms with Crippen molar-refractivity contribution >= 4 is 22.8 Å². The van der Waals surface area contributed by atoms with Crippen LogP contribution in [0.5, 0.6) is 0 Å². The summed E-state index contributed by atoms with van der Waals surface area (Å²) in [5.41, 5.74) is 1.47. The molecule has 6 nitrogen and oxygen atoms in total. The second kappa shape index (κ2) is 5.78. The lowest BCUT2D eigenvalue weighted by atomic mass is 10.0. The number of nitrogens with one attached hydrogen (secondary N) is 2. The molecule has 6 heteroatoms. The van der Waals surface area contributed by atoms with Gasteiger partial charge in [-0.05, 0) is 19.1 Å². The summed E-state index contributed by atoms with van der Waals surface area (Å²) in [5.74, 6) is -1.62. The van der Waals surface area contributed by atoms with Crippen LogP contribution < -0.4 is 10.7 Å². The van der Waals surface area contributed by atoms with Crippen LogP contribution in [0.15, 0.2) is 29.1 Å². The number of aryl methyl sites for hydroxylation is 1. The number of aromatic amines is 1. The molecule has 0 spiro atoms. The highest BCUT2D eigenvalue weighted by atomic mass is 16.4. The Hall–Kier alpha value is -2.63. The van der Waals surface area contributed by atoms with Crippen LogP contribution in [-0.4, -0.2) is 28.0 Å². The second-order valence-electron chi connectivity index (χ2n) is 4.90. The van der Waals surface area contributed by atoms with Crippen LogP contribution in [0.25, 0.3) is 10.9 Å². The van der Waals surface area contributed by atoms with E-state index in [1.165, 1.54) is 6.92 Å². The molecule has 21 heavy (non-hydrogen) atoms. The minimum Gasteiger partial charge on any atom is -0.480 e. The third-order valence-corrected chi connectivity index (χ3v) is 3.30. The van der Waals surface area contributed by atoms with Crippen LogP contribution in [0, 0.1) is 6.92 Å². The van der Waals surface area contributed by atoms with Gasteiger partial charge >= 0.3 is 5.97 Å². The van der Waals surface area contributed by atoms with Gasteiger partial charge in [0.1, 0.15) is 6.04 Å². The number of aliphatic carboxylic acids is 1. The molecule has 1 aromatic carbocycles. The SMILES string of the molecule is CC(=O)N[C@@H](Cc1c(C)[nH]c2ccccc2c1=O)C(=O)O. The number of carbonyl (C=O) groups excluding carboxylic acids is 1. The Morgan fingerprint density at radius 1 is 1.33 bits per heavy atom.